The topological polar surface area (TPSA) is 86.5 Å². The molecule has 2 heterocycles. The molecular formula is C24H23N3O3S. The molecule has 0 atom stereocenters. The smallest absolute Gasteiger partial charge is 0.267 e. The highest BCUT2D eigenvalue weighted by atomic mass is 32.1. The van der Waals surface area contributed by atoms with E-state index in [-0.39, 0.29) is 5.91 Å². The van der Waals surface area contributed by atoms with Crippen LogP contribution in [0.3, 0.4) is 0 Å². The number of methoxy groups -OCH3 is 2. The average molecular weight is 434 g/mol. The number of aryl methyl sites for hydroxylation is 2. The number of fused-ring (bicyclic) bond motifs is 1. The first-order chi connectivity index (χ1) is 14.9. The van der Waals surface area contributed by atoms with E-state index in [0.717, 1.165) is 33.5 Å². The SMILES string of the molecule is COc1ccc(-c2ccc3c(N)c(C(=O)Nc4cc(C)ccc4C)sc3n2)cc1OC. The highest BCUT2D eigenvalue weighted by Crippen LogP contribution is 2.36. The van der Waals surface area contributed by atoms with Crippen molar-refractivity contribution in [3.8, 4) is 22.8 Å². The summed E-state index contributed by atoms with van der Waals surface area (Å²) in [7, 11) is 3.19. The lowest BCUT2D eigenvalue weighted by atomic mass is 10.1. The Hall–Kier alpha value is -3.58. The number of pyridine rings is 1. The summed E-state index contributed by atoms with van der Waals surface area (Å²) in [6, 6.07) is 15.4. The summed E-state index contributed by atoms with van der Waals surface area (Å²) in [6.07, 6.45) is 0. The maximum absolute atomic E-state index is 12.9. The Bertz CT molecular complexity index is 1300. The molecule has 7 heteroatoms. The van der Waals surface area contributed by atoms with Crippen molar-refractivity contribution in [1.82, 2.24) is 4.98 Å². The van der Waals surface area contributed by atoms with Gasteiger partial charge in [0.05, 0.1) is 25.6 Å². The van der Waals surface area contributed by atoms with E-state index in [1.807, 2.05) is 62.4 Å². The van der Waals surface area contributed by atoms with E-state index in [1.165, 1.54) is 11.3 Å². The van der Waals surface area contributed by atoms with Crippen LogP contribution >= 0.6 is 11.3 Å². The van der Waals surface area contributed by atoms with Gasteiger partial charge in [0.1, 0.15) is 9.71 Å². The van der Waals surface area contributed by atoms with Gasteiger partial charge in [-0.1, -0.05) is 12.1 Å². The molecule has 3 N–H and O–H groups in total. The summed E-state index contributed by atoms with van der Waals surface area (Å²) in [5.74, 6) is 1.04. The zero-order valence-electron chi connectivity index (χ0n) is 17.8. The Balaban J connectivity index is 1.69. The van der Waals surface area contributed by atoms with Crippen molar-refractivity contribution in [2.24, 2.45) is 0 Å². The van der Waals surface area contributed by atoms with Crippen LogP contribution in [0.4, 0.5) is 11.4 Å². The van der Waals surface area contributed by atoms with E-state index < -0.39 is 0 Å². The van der Waals surface area contributed by atoms with Crippen molar-refractivity contribution < 1.29 is 14.3 Å². The van der Waals surface area contributed by atoms with E-state index in [0.29, 0.717) is 26.9 Å². The van der Waals surface area contributed by atoms with E-state index in [1.54, 1.807) is 14.2 Å². The summed E-state index contributed by atoms with van der Waals surface area (Å²) in [5, 5.41) is 3.74. The second-order valence-corrected chi connectivity index (χ2v) is 8.24. The monoisotopic (exact) mass is 433 g/mol. The molecule has 31 heavy (non-hydrogen) atoms. The second kappa shape index (κ2) is 8.28. The number of hydrogen-bond acceptors (Lipinski definition) is 6. The number of aromatic nitrogens is 1. The largest absolute Gasteiger partial charge is 0.493 e. The highest BCUT2D eigenvalue weighted by molar-refractivity contribution is 7.21. The first-order valence-electron chi connectivity index (χ1n) is 9.71. The number of hydrogen-bond donors (Lipinski definition) is 2. The summed E-state index contributed by atoms with van der Waals surface area (Å²) in [5.41, 5.74) is 11.2. The quantitative estimate of drug-likeness (QED) is 0.438. The van der Waals surface area contributed by atoms with Gasteiger partial charge < -0.3 is 20.5 Å². The molecule has 2 aromatic carbocycles. The number of nitrogens with zero attached hydrogens (tertiary/aromatic N) is 1. The van der Waals surface area contributed by atoms with Crippen LogP contribution in [0, 0.1) is 13.8 Å². The molecule has 1 amide bonds. The standard InChI is InChI=1S/C24H23N3O3S/c1-13-5-6-14(2)18(11-13)26-23(28)22-21(25)16-8-9-17(27-24(16)31-22)15-7-10-19(29-3)20(12-15)30-4/h5-12H,25H2,1-4H3,(H,26,28). The molecule has 4 aromatic rings. The Morgan fingerprint density at radius 3 is 2.52 bits per heavy atom. The molecule has 6 nitrogen and oxygen atoms in total. The zero-order chi connectivity index (χ0) is 22.1. The predicted molar refractivity (Wildman–Crippen MR) is 126 cm³/mol. The molecule has 0 aliphatic heterocycles. The summed E-state index contributed by atoms with van der Waals surface area (Å²) < 4.78 is 10.7. The molecule has 0 spiro atoms. The summed E-state index contributed by atoms with van der Waals surface area (Å²) in [4.78, 5) is 18.8. The van der Waals surface area contributed by atoms with Crippen molar-refractivity contribution in [3.05, 3.63) is 64.5 Å². The Morgan fingerprint density at radius 1 is 1.00 bits per heavy atom. The lowest BCUT2D eigenvalue weighted by Gasteiger charge is -2.09. The van der Waals surface area contributed by atoms with E-state index in [4.69, 9.17) is 20.2 Å². The van der Waals surface area contributed by atoms with Gasteiger partial charge >= 0.3 is 0 Å². The fourth-order valence-corrected chi connectivity index (χ4v) is 4.36. The number of ether oxygens (including phenoxy) is 2. The molecule has 0 saturated heterocycles. The van der Waals surface area contributed by atoms with Crippen LogP contribution in [-0.2, 0) is 0 Å². The molecule has 0 bridgehead atoms. The van der Waals surface area contributed by atoms with Gasteiger partial charge in [0.2, 0.25) is 0 Å². The van der Waals surface area contributed by atoms with Gasteiger partial charge in [0, 0.05) is 16.6 Å². The van der Waals surface area contributed by atoms with Gasteiger partial charge in [-0.15, -0.1) is 11.3 Å². The first kappa shape index (κ1) is 20.7. The first-order valence-corrected chi connectivity index (χ1v) is 10.5. The van der Waals surface area contributed by atoms with E-state index in [9.17, 15) is 4.79 Å². The molecule has 158 valence electrons. The second-order valence-electron chi connectivity index (χ2n) is 7.24. The molecule has 0 unspecified atom stereocenters. The molecule has 0 fully saturated rings. The molecule has 0 aliphatic rings. The third-order valence-corrected chi connectivity index (χ3v) is 6.23. The Morgan fingerprint density at radius 2 is 1.77 bits per heavy atom. The number of thiophene rings is 1. The van der Waals surface area contributed by atoms with Crippen molar-refractivity contribution in [1.29, 1.82) is 0 Å². The number of nitrogens with one attached hydrogen (secondary N) is 1. The van der Waals surface area contributed by atoms with Gasteiger partial charge in [0.25, 0.3) is 5.91 Å². The molecule has 0 radical (unpaired) electrons. The number of anilines is 2. The van der Waals surface area contributed by atoms with Gasteiger partial charge in [-0.3, -0.25) is 4.79 Å². The van der Waals surface area contributed by atoms with Gasteiger partial charge in [-0.2, -0.15) is 0 Å². The molecular weight excluding hydrogens is 410 g/mol. The Labute approximate surface area is 184 Å². The molecule has 2 aromatic heterocycles. The van der Waals surface area contributed by atoms with Crippen molar-refractivity contribution in [2.45, 2.75) is 13.8 Å². The van der Waals surface area contributed by atoms with Crippen LogP contribution < -0.4 is 20.5 Å². The summed E-state index contributed by atoms with van der Waals surface area (Å²) in [6.45, 7) is 3.95. The fraction of sp³-hybridized carbons (Fsp3) is 0.167. The third-order valence-electron chi connectivity index (χ3n) is 5.12. The van der Waals surface area contributed by atoms with Crippen molar-refractivity contribution >= 4 is 38.8 Å². The number of carbonyl (C=O) groups excluding carboxylic acids is 1. The Kier molecular flexibility index (Phi) is 5.52. The van der Waals surface area contributed by atoms with Gasteiger partial charge in [0.15, 0.2) is 11.5 Å². The molecule has 0 saturated carbocycles. The van der Waals surface area contributed by atoms with E-state index >= 15 is 0 Å². The van der Waals surface area contributed by atoms with Crippen LogP contribution in [-0.4, -0.2) is 25.1 Å². The van der Waals surface area contributed by atoms with Crippen LogP contribution in [0.1, 0.15) is 20.8 Å². The number of benzene rings is 2. The molecule has 0 aliphatic carbocycles. The normalized spacial score (nSPS) is 10.8. The maximum atomic E-state index is 12.9. The molecule has 4 rings (SSSR count). The number of nitrogen functional groups attached to an aromatic ring is 1. The minimum Gasteiger partial charge on any atom is -0.493 e. The predicted octanol–water partition coefficient (Wildman–Crippen LogP) is 5.43. The zero-order valence-corrected chi connectivity index (χ0v) is 18.6. The number of carbonyl (C=O) groups is 1. The lowest BCUT2D eigenvalue weighted by Crippen LogP contribution is -2.13. The lowest BCUT2D eigenvalue weighted by molar-refractivity contribution is 0.103. The van der Waals surface area contributed by atoms with Crippen LogP contribution in [0.5, 0.6) is 11.5 Å². The number of nitrogens with two attached hydrogens (primary N) is 1. The van der Waals surface area contributed by atoms with Crippen molar-refractivity contribution in [3.63, 3.8) is 0 Å². The maximum Gasteiger partial charge on any atom is 0.267 e. The van der Waals surface area contributed by atoms with E-state index in [2.05, 4.69) is 5.32 Å². The minimum atomic E-state index is -0.234. The van der Waals surface area contributed by atoms with Crippen LogP contribution in [0.15, 0.2) is 48.5 Å². The van der Waals surface area contributed by atoms with Crippen LogP contribution in [0.2, 0.25) is 0 Å². The fourth-order valence-electron chi connectivity index (χ4n) is 3.37. The van der Waals surface area contributed by atoms with Gasteiger partial charge in [-0.05, 0) is 61.4 Å². The van der Waals surface area contributed by atoms with Gasteiger partial charge in [-0.25, -0.2) is 4.98 Å². The van der Waals surface area contributed by atoms with Crippen LogP contribution in [0.25, 0.3) is 21.5 Å². The number of rotatable bonds is 5. The highest BCUT2D eigenvalue weighted by Gasteiger charge is 2.19. The minimum absolute atomic E-state index is 0.234. The number of amides is 1. The summed E-state index contributed by atoms with van der Waals surface area (Å²) >= 11 is 1.28. The third kappa shape index (κ3) is 3.92. The van der Waals surface area contributed by atoms with Crippen molar-refractivity contribution in [2.75, 3.05) is 25.3 Å². The average Bonchev–Trinajstić information content (AvgIpc) is 3.11.